The third-order valence-corrected chi connectivity index (χ3v) is 6.38. The van der Waals surface area contributed by atoms with Crippen LogP contribution in [0, 0.1) is 11.8 Å². The Hall–Kier alpha value is -1.91. The molecule has 0 bridgehead atoms. The number of hydrogen-bond donors (Lipinski definition) is 3. The number of aliphatic carboxylic acids is 1. The van der Waals surface area contributed by atoms with Gasteiger partial charge in [-0.25, -0.2) is 4.79 Å². The fourth-order valence-electron chi connectivity index (χ4n) is 3.97. The van der Waals surface area contributed by atoms with Crippen molar-refractivity contribution in [1.29, 1.82) is 0 Å². The lowest BCUT2D eigenvalue weighted by Gasteiger charge is -2.47. The Bertz CT molecular complexity index is 762. The van der Waals surface area contributed by atoms with E-state index in [0.717, 1.165) is 25.0 Å². The molecule has 148 valence electrons. The van der Waals surface area contributed by atoms with E-state index in [2.05, 4.69) is 10.3 Å². The van der Waals surface area contributed by atoms with Gasteiger partial charge in [0.25, 0.3) is 0 Å². The van der Waals surface area contributed by atoms with Crippen LogP contribution in [0.25, 0.3) is 0 Å². The predicted molar refractivity (Wildman–Crippen MR) is 99.2 cm³/mol. The molecule has 4 atom stereocenters. The Morgan fingerprint density at radius 1 is 1.44 bits per heavy atom. The number of aliphatic hydroxyl groups excluding tert-OH is 1. The number of aromatic nitrogens is 3. The summed E-state index contributed by atoms with van der Waals surface area (Å²) in [6.07, 6.45) is 3.38. The Morgan fingerprint density at radius 2 is 2.19 bits per heavy atom. The van der Waals surface area contributed by atoms with Crippen LogP contribution >= 0.6 is 11.8 Å². The van der Waals surface area contributed by atoms with Crippen LogP contribution in [0.15, 0.2) is 16.8 Å². The van der Waals surface area contributed by atoms with Crippen LogP contribution in [0.1, 0.15) is 31.9 Å². The number of aryl methyl sites for hydroxylation is 1. The monoisotopic (exact) mass is 395 g/mol. The summed E-state index contributed by atoms with van der Waals surface area (Å²) in [5.41, 5.74) is 6.39. The van der Waals surface area contributed by atoms with E-state index < -0.39 is 18.0 Å². The number of nitrogens with two attached hydrogens (primary N) is 1. The third-order valence-electron chi connectivity index (χ3n) is 5.13. The van der Waals surface area contributed by atoms with Crippen molar-refractivity contribution in [3.05, 3.63) is 22.5 Å². The Kier molecular flexibility index (Phi) is 5.87. The number of rotatable bonds is 9. The molecule has 1 aromatic rings. The first-order valence-corrected chi connectivity index (χ1v) is 10.0. The predicted octanol–water partition coefficient (Wildman–Crippen LogP) is 0.311. The van der Waals surface area contributed by atoms with Gasteiger partial charge in [0.2, 0.25) is 5.91 Å². The standard InChI is InChI=1S/C17H25N5O4S/c1-9(23)12-13-11(5-3-4-6-18)15(14(17(25)26)22(13)16(12)24)27-8-10-7-21(2)20-19-10/h7,9,11-13,23H,3-6,8,18H2,1-2H3,(H,25,26)/t9-,11-,12-,13-/m1/s1. The van der Waals surface area contributed by atoms with Crippen molar-refractivity contribution < 1.29 is 19.8 Å². The van der Waals surface area contributed by atoms with Gasteiger partial charge in [-0.3, -0.25) is 9.48 Å². The van der Waals surface area contributed by atoms with Crippen molar-refractivity contribution in [1.82, 2.24) is 19.9 Å². The number of aliphatic hydroxyl groups is 1. The maximum absolute atomic E-state index is 12.5. The first-order valence-electron chi connectivity index (χ1n) is 9.03. The van der Waals surface area contributed by atoms with E-state index in [0.29, 0.717) is 17.2 Å². The smallest absolute Gasteiger partial charge is 0.353 e. The number of thioether (sulfide) groups is 1. The summed E-state index contributed by atoms with van der Waals surface area (Å²) in [6.45, 7) is 2.15. The number of unbranched alkanes of at least 4 members (excludes halogenated alkanes) is 1. The van der Waals surface area contributed by atoms with Crippen LogP contribution in [0.4, 0.5) is 0 Å². The van der Waals surface area contributed by atoms with E-state index in [1.807, 2.05) is 0 Å². The van der Waals surface area contributed by atoms with E-state index in [1.54, 1.807) is 24.9 Å². The Labute approximate surface area is 161 Å². The number of amides is 1. The van der Waals surface area contributed by atoms with E-state index in [-0.39, 0.29) is 23.6 Å². The lowest BCUT2D eigenvalue weighted by molar-refractivity contribution is -0.163. The molecule has 1 amide bonds. The minimum absolute atomic E-state index is 0.0496. The SMILES string of the molecule is C[C@@H](O)[C@H]1C(=O)N2C(C(=O)O)=C(SCc3cn(C)nn3)[C@H](CCCCN)[C@H]12. The largest absolute Gasteiger partial charge is 0.477 e. The first kappa shape index (κ1) is 19.8. The second-order valence-corrected chi connectivity index (χ2v) is 8.06. The van der Waals surface area contributed by atoms with Crippen molar-refractivity contribution in [2.75, 3.05) is 6.54 Å². The zero-order valence-corrected chi connectivity index (χ0v) is 16.2. The van der Waals surface area contributed by atoms with Gasteiger partial charge in [0, 0.05) is 29.8 Å². The summed E-state index contributed by atoms with van der Waals surface area (Å²) in [7, 11) is 1.77. The molecule has 0 aromatic carbocycles. The number of carbonyl (C=O) groups excluding carboxylic acids is 1. The molecule has 27 heavy (non-hydrogen) atoms. The van der Waals surface area contributed by atoms with Crippen molar-refractivity contribution in [2.24, 2.45) is 24.6 Å². The number of carboxylic acids is 1. The molecule has 1 saturated heterocycles. The molecule has 0 radical (unpaired) electrons. The molecule has 0 aliphatic carbocycles. The molecule has 3 heterocycles. The molecule has 2 aliphatic rings. The Morgan fingerprint density at radius 3 is 2.74 bits per heavy atom. The molecule has 0 saturated carbocycles. The number of nitrogens with zero attached hydrogens (tertiary/aromatic N) is 4. The highest BCUT2D eigenvalue weighted by Crippen LogP contribution is 2.52. The topological polar surface area (TPSA) is 135 Å². The van der Waals surface area contributed by atoms with Gasteiger partial charge in [0.1, 0.15) is 5.70 Å². The summed E-state index contributed by atoms with van der Waals surface area (Å²) in [5.74, 6) is -1.62. The average Bonchev–Trinajstić information content (AvgIpc) is 3.12. The van der Waals surface area contributed by atoms with Crippen molar-refractivity contribution in [3.8, 4) is 0 Å². The normalized spacial score (nSPS) is 25.6. The summed E-state index contributed by atoms with van der Waals surface area (Å²) in [6, 6.07) is -0.300. The maximum Gasteiger partial charge on any atom is 0.353 e. The van der Waals surface area contributed by atoms with Crippen LogP contribution in [0.3, 0.4) is 0 Å². The van der Waals surface area contributed by atoms with Gasteiger partial charge in [-0.05, 0) is 26.3 Å². The van der Waals surface area contributed by atoms with Gasteiger partial charge in [0.15, 0.2) is 0 Å². The fraction of sp³-hybridized carbons (Fsp3) is 0.647. The molecule has 0 spiro atoms. The van der Waals surface area contributed by atoms with Crippen molar-refractivity contribution in [3.63, 3.8) is 0 Å². The minimum atomic E-state index is -1.11. The van der Waals surface area contributed by atoms with Crippen LogP contribution in [0.5, 0.6) is 0 Å². The minimum Gasteiger partial charge on any atom is -0.477 e. The van der Waals surface area contributed by atoms with Crippen LogP contribution in [-0.4, -0.2) is 60.7 Å². The highest BCUT2D eigenvalue weighted by Gasteiger charge is 2.60. The van der Waals surface area contributed by atoms with Crippen LogP contribution in [-0.2, 0) is 22.4 Å². The number of carboxylic acid groups (broad SMARTS) is 1. The van der Waals surface area contributed by atoms with Gasteiger partial charge < -0.3 is 20.8 Å². The number of fused-ring (bicyclic) bond motifs is 1. The molecule has 1 aromatic heterocycles. The quantitative estimate of drug-likeness (QED) is 0.402. The number of hydrogen-bond acceptors (Lipinski definition) is 7. The molecular weight excluding hydrogens is 370 g/mol. The second kappa shape index (κ2) is 7.99. The van der Waals surface area contributed by atoms with Crippen molar-refractivity contribution >= 4 is 23.6 Å². The third kappa shape index (κ3) is 3.61. The van der Waals surface area contributed by atoms with Crippen LogP contribution in [0.2, 0.25) is 0 Å². The van der Waals surface area contributed by atoms with Gasteiger partial charge in [-0.1, -0.05) is 11.6 Å². The second-order valence-electron chi connectivity index (χ2n) is 7.05. The first-order chi connectivity index (χ1) is 12.9. The van der Waals surface area contributed by atoms with Gasteiger partial charge in [-0.2, -0.15) is 0 Å². The highest BCUT2D eigenvalue weighted by molar-refractivity contribution is 8.02. The Balaban J connectivity index is 1.88. The van der Waals surface area contributed by atoms with Gasteiger partial charge in [-0.15, -0.1) is 16.9 Å². The van der Waals surface area contributed by atoms with E-state index in [1.165, 1.54) is 16.7 Å². The zero-order valence-electron chi connectivity index (χ0n) is 15.4. The summed E-state index contributed by atoms with van der Waals surface area (Å²) in [5, 5.41) is 27.7. The molecule has 3 rings (SSSR count). The molecule has 1 fully saturated rings. The fourth-order valence-corrected chi connectivity index (χ4v) is 5.20. The summed E-state index contributed by atoms with van der Waals surface area (Å²) >= 11 is 1.39. The molecule has 4 N–H and O–H groups in total. The molecule has 9 nitrogen and oxygen atoms in total. The summed E-state index contributed by atoms with van der Waals surface area (Å²) in [4.78, 5) is 26.5. The molecule has 0 unspecified atom stereocenters. The molecule has 2 aliphatic heterocycles. The number of β-lactam (4-membered cyclic amide) rings is 1. The lowest BCUT2D eigenvalue weighted by atomic mass is 9.77. The van der Waals surface area contributed by atoms with Crippen molar-refractivity contribution in [2.45, 2.75) is 44.1 Å². The number of carbonyl (C=O) groups is 2. The average molecular weight is 395 g/mol. The van der Waals surface area contributed by atoms with E-state index in [9.17, 15) is 19.8 Å². The molecule has 10 heteroatoms. The van der Waals surface area contributed by atoms with Crippen LogP contribution < -0.4 is 5.73 Å². The highest BCUT2D eigenvalue weighted by atomic mass is 32.2. The van der Waals surface area contributed by atoms with Gasteiger partial charge in [0.05, 0.1) is 23.8 Å². The zero-order chi connectivity index (χ0) is 19.7. The lowest BCUT2D eigenvalue weighted by Crippen LogP contribution is -2.63. The molecular formula is C17H25N5O4S. The van der Waals surface area contributed by atoms with Gasteiger partial charge >= 0.3 is 5.97 Å². The van der Waals surface area contributed by atoms with E-state index in [4.69, 9.17) is 5.73 Å². The maximum atomic E-state index is 12.5. The summed E-state index contributed by atoms with van der Waals surface area (Å²) < 4.78 is 1.59. The van der Waals surface area contributed by atoms with E-state index >= 15 is 0 Å².